The minimum absolute atomic E-state index is 0.167. The summed E-state index contributed by atoms with van der Waals surface area (Å²) in [5, 5.41) is 19.7. The number of diazo groups is 1. The summed E-state index contributed by atoms with van der Waals surface area (Å²) in [7, 11) is -4.58. The summed E-state index contributed by atoms with van der Waals surface area (Å²) in [6.07, 6.45) is 0. The second-order valence-corrected chi connectivity index (χ2v) is 6.64. The van der Waals surface area contributed by atoms with Crippen LogP contribution in [-0.4, -0.2) is 34.8 Å². The van der Waals surface area contributed by atoms with E-state index in [-0.39, 0.29) is 22.9 Å². The zero-order valence-corrected chi connectivity index (χ0v) is 13.0. The molecule has 0 fully saturated rings. The number of hydrogen-bond acceptors (Lipinski definition) is 10. The summed E-state index contributed by atoms with van der Waals surface area (Å²) in [6, 6.07) is 3.48. The lowest BCUT2D eigenvalue weighted by molar-refractivity contribution is -0.435. The van der Waals surface area contributed by atoms with Crippen LogP contribution in [0.5, 0.6) is 0 Å². The van der Waals surface area contributed by atoms with Crippen LogP contribution in [0, 0.1) is 5.39 Å². The highest BCUT2D eigenvalue weighted by Crippen LogP contribution is 2.30. The molecule has 1 rings (SSSR count). The highest BCUT2D eigenvalue weighted by molar-refractivity contribution is 7.94. The lowest BCUT2D eigenvalue weighted by Gasteiger charge is -2.02. The van der Waals surface area contributed by atoms with E-state index in [2.05, 4.69) is 23.6 Å². The Hall–Kier alpha value is -1.15. The van der Waals surface area contributed by atoms with Gasteiger partial charge in [0.1, 0.15) is 0 Å². The first kappa shape index (κ1) is 18.9. The largest absolute Gasteiger partial charge is 0.406 e. The third kappa shape index (κ3) is 6.31. The molecule has 0 aliphatic heterocycles. The van der Waals surface area contributed by atoms with Gasteiger partial charge >= 0.3 is 15.8 Å². The molecule has 0 radical (unpaired) electrons. The Morgan fingerprint density at radius 1 is 1.41 bits per heavy atom. The van der Waals surface area contributed by atoms with Gasteiger partial charge in [0.2, 0.25) is 5.39 Å². The van der Waals surface area contributed by atoms with Crippen molar-refractivity contribution in [2.75, 3.05) is 12.4 Å². The van der Waals surface area contributed by atoms with Crippen LogP contribution in [0.25, 0.3) is 4.98 Å². The molecule has 22 heavy (non-hydrogen) atoms. The molecule has 0 saturated carbocycles. The van der Waals surface area contributed by atoms with Gasteiger partial charge in [0.05, 0.1) is 24.4 Å². The van der Waals surface area contributed by atoms with Crippen LogP contribution in [0.15, 0.2) is 28.0 Å². The Morgan fingerprint density at radius 2 is 2.14 bits per heavy atom. The Bertz CT molecular complexity index is 672. The molecule has 0 spiro atoms. The first-order valence-electron chi connectivity index (χ1n) is 5.18. The molecule has 1 unspecified atom stereocenters. The summed E-state index contributed by atoms with van der Waals surface area (Å²) >= 11 is -1.33. The maximum Gasteiger partial charge on any atom is 0.406 e. The van der Waals surface area contributed by atoms with Crippen molar-refractivity contribution >= 4 is 38.9 Å². The molecule has 0 saturated heterocycles. The van der Waals surface area contributed by atoms with Crippen LogP contribution in [0.1, 0.15) is 0 Å². The van der Waals surface area contributed by atoms with Gasteiger partial charge in [0.25, 0.3) is 0 Å². The molecule has 11 nitrogen and oxygen atoms in total. The molecule has 0 aromatic heterocycles. The molecular weight excluding hydrogens is 364 g/mol. The molecule has 1 aromatic carbocycles. The second kappa shape index (κ2) is 9.09. The maximum absolute atomic E-state index is 11.1. The maximum atomic E-state index is 11.1. The van der Waals surface area contributed by atoms with Gasteiger partial charge in [-0.1, -0.05) is 5.04 Å². The fourth-order valence-electron chi connectivity index (χ4n) is 1.10. The van der Waals surface area contributed by atoms with Gasteiger partial charge < -0.3 is 0 Å². The summed E-state index contributed by atoms with van der Waals surface area (Å²) in [5.41, 5.74) is -0.343. The average molecular weight is 373 g/mol. The molecule has 0 aliphatic rings. The molecule has 0 bridgehead atoms. The number of rotatable bonds is 9. The Kier molecular flexibility index (Phi) is 7.81. The van der Waals surface area contributed by atoms with E-state index in [0.717, 1.165) is 12.1 Å². The standard InChI is InChI=1S/C8H8N2O9S3/c9-10-7-2-1-6(5-8(7)22(13,14)15)20-18-16-3-4-21(12)19-17-11/h1-2,5H,3-4H2,(H-,11,13,14,15)/p+1. The van der Waals surface area contributed by atoms with E-state index in [9.17, 15) is 12.6 Å². The summed E-state index contributed by atoms with van der Waals surface area (Å²) < 4.78 is 50.5. The minimum atomic E-state index is -4.58. The zero-order chi connectivity index (χ0) is 16.6. The van der Waals surface area contributed by atoms with E-state index >= 15 is 0 Å². The number of hydrogen-bond donors (Lipinski definition) is 2. The molecule has 0 amide bonds. The highest BCUT2D eigenvalue weighted by Gasteiger charge is 2.25. The molecule has 1 atom stereocenters. The monoisotopic (exact) mass is 373 g/mol. The normalized spacial score (nSPS) is 12.8. The predicted molar refractivity (Wildman–Crippen MR) is 71.7 cm³/mol. The van der Waals surface area contributed by atoms with Crippen molar-refractivity contribution in [1.29, 1.82) is 5.39 Å². The van der Waals surface area contributed by atoms with Gasteiger partial charge in [-0.3, -0.25) is 4.55 Å². The van der Waals surface area contributed by atoms with E-state index in [1.54, 1.807) is 0 Å². The first-order valence-corrected chi connectivity index (χ1v) is 8.60. The van der Waals surface area contributed by atoms with Gasteiger partial charge in [-0.15, -0.1) is 4.33 Å². The topological polar surface area (TPSA) is 157 Å². The van der Waals surface area contributed by atoms with Crippen LogP contribution in [0.4, 0.5) is 5.69 Å². The van der Waals surface area contributed by atoms with Crippen molar-refractivity contribution in [2.45, 2.75) is 9.79 Å². The summed E-state index contributed by atoms with van der Waals surface area (Å²) in [5.74, 6) is -0.167. The van der Waals surface area contributed by atoms with Crippen LogP contribution in [0.3, 0.4) is 0 Å². The first-order chi connectivity index (χ1) is 10.4. The van der Waals surface area contributed by atoms with Crippen LogP contribution >= 0.6 is 12.0 Å². The number of nitrogens with zero attached hydrogens (tertiary/aromatic N) is 2. The van der Waals surface area contributed by atoms with E-state index < -0.39 is 26.1 Å². The molecule has 2 N–H and O–H groups in total. The Labute approximate surface area is 131 Å². The second-order valence-electron chi connectivity index (χ2n) is 3.33. The molecule has 0 aliphatic carbocycles. The Balaban J connectivity index is 2.54. The third-order valence-electron chi connectivity index (χ3n) is 1.93. The zero-order valence-electron chi connectivity index (χ0n) is 10.5. The Morgan fingerprint density at radius 3 is 2.73 bits per heavy atom. The van der Waals surface area contributed by atoms with Crippen LogP contribution < -0.4 is 0 Å². The lowest BCUT2D eigenvalue weighted by Crippen LogP contribution is -2.07. The van der Waals surface area contributed by atoms with E-state index in [1.807, 2.05) is 0 Å². The summed E-state index contributed by atoms with van der Waals surface area (Å²) in [6.45, 7) is -0.182. The predicted octanol–water partition coefficient (Wildman–Crippen LogP) is 1.46. The van der Waals surface area contributed by atoms with Crippen LogP contribution in [0.2, 0.25) is 0 Å². The van der Waals surface area contributed by atoms with Gasteiger partial charge in [-0.05, 0) is 12.1 Å². The van der Waals surface area contributed by atoms with Gasteiger partial charge in [0, 0.05) is 11.0 Å². The van der Waals surface area contributed by atoms with Gasteiger partial charge in [-0.2, -0.15) is 12.8 Å². The highest BCUT2D eigenvalue weighted by atomic mass is 32.2. The fraction of sp³-hybridized carbons (Fsp3) is 0.250. The molecule has 0 heterocycles. The van der Waals surface area contributed by atoms with Crippen molar-refractivity contribution < 1.29 is 41.0 Å². The molecule has 1 aromatic rings. The van der Waals surface area contributed by atoms with Crippen LogP contribution in [-0.2, 0) is 39.8 Å². The quantitative estimate of drug-likeness (QED) is 0.161. The van der Waals surface area contributed by atoms with Crippen molar-refractivity contribution in [3.8, 4) is 0 Å². The SMILES string of the molecule is N#[N+]c1ccc(SOOCCS(=O)OOO)cc1S(=O)(=O)O. The van der Waals surface area contributed by atoms with Gasteiger partial charge in [0.15, 0.2) is 21.0 Å². The summed E-state index contributed by atoms with van der Waals surface area (Å²) in [4.78, 5) is 6.93. The average Bonchev–Trinajstić information content (AvgIpc) is 2.46. The molecule has 14 heteroatoms. The van der Waals surface area contributed by atoms with Crippen molar-refractivity contribution in [3.05, 3.63) is 23.2 Å². The number of benzene rings is 1. The van der Waals surface area contributed by atoms with E-state index in [1.165, 1.54) is 6.07 Å². The smallest absolute Gasteiger partial charge is 0.282 e. The minimum Gasteiger partial charge on any atom is -0.282 e. The van der Waals surface area contributed by atoms with Crippen molar-refractivity contribution in [3.63, 3.8) is 0 Å². The third-order valence-corrected chi connectivity index (χ3v) is 4.14. The lowest BCUT2D eigenvalue weighted by atomic mass is 10.3. The van der Waals surface area contributed by atoms with Gasteiger partial charge in [-0.25, -0.2) is 14.4 Å². The van der Waals surface area contributed by atoms with E-state index in [4.69, 9.17) is 15.2 Å². The molecular formula is C8H9N2O9S3+. The van der Waals surface area contributed by atoms with Crippen molar-refractivity contribution in [2.24, 2.45) is 0 Å². The molecule has 122 valence electrons. The fourth-order valence-corrected chi connectivity index (χ4v) is 2.65. The van der Waals surface area contributed by atoms with E-state index in [0.29, 0.717) is 12.0 Å². The van der Waals surface area contributed by atoms with Crippen molar-refractivity contribution in [1.82, 2.24) is 0 Å².